The number of hydrogen-bond acceptors (Lipinski definition) is 2. The van der Waals surface area contributed by atoms with Crippen LogP contribution in [0.2, 0.25) is 0 Å². The Balaban J connectivity index is 1.66. The van der Waals surface area contributed by atoms with Gasteiger partial charge in [0.15, 0.2) is 0 Å². The van der Waals surface area contributed by atoms with Crippen LogP contribution in [0.1, 0.15) is 45.4 Å². The molecule has 0 aromatic heterocycles. The van der Waals surface area contributed by atoms with E-state index >= 15 is 0 Å². The van der Waals surface area contributed by atoms with Crippen LogP contribution in [-0.4, -0.2) is 52.6 Å². The average Bonchev–Trinajstić information content (AvgIpc) is 3.27. The van der Waals surface area contributed by atoms with E-state index in [2.05, 4.69) is 0 Å². The number of rotatable bonds is 4. The molecular formula is C15H24N2O3. The molecule has 2 amide bonds. The number of amides is 2. The first kappa shape index (κ1) is 13.7. The normalized spacial score (nSPS) is 30.1. The molecule has 1 aliphatic heterocycles. The molecular weight excluding hydrogens is 256 g/mol. The first-order valence-corrected chi connectivity index (χ1v) is 7.78. The van der Waals surface area contributed by atoms with Crippen LogP contribution in [0.15, 0.2) is 0 Å². The lowest BCUT2D eigenvalue weighted by Gasteiger charge is -2.40. The molecule has 2 aliphatic carbocycles. The van der Waals surface area contributed by atoms with Gasteiger partial charge in [0, 0.05) is 25.7 Å². The molecule has 0 spiro atoms. The van der Waals surface area contributed by atoms with E-state index in [0.717, 1.165) is 25.8 Å². The first-order valence-electron chi connectivity index (χ1n) is 7.78. The van der Waals surface area contributed by atoms with E-state index in [9.17, 15) is 14.7 Å². The fourth-order valence-corrected chi connectivity index (χ4v) is 3.11. The molecule has 0 aromatic rings. The zero-order valence-corrected chi connectivity index (χ0v) is 12.2. The Bertz CT molecular complexity index is 417. The molecule has 0 radical (unpaired) electrons. The average molecular weight is 280 g/mol. The molecule has 5 heteroatoms. The predicted molar refractivity (Wildman–Crippen MR) is 74.4 cm³/mol. The lowest BCUT2D eigenvalue weighted by Crippen LogP contribution is -2.53. The minimum absolute atomic E-state index is 0.0755. The summed E-state index contributed by atoms with van der Waals surface area (Å²) < 4.78 is 0. The number of carboxylic acid groups (broad SMARTS) is 1. The van der Waals surface area contributed by atoms with Gasteiger partial charge in [-0.25, -0.2) is 4.79 Å². The van der Waals surface area contributed by atoms with Gasteiger partial charge < -0.3 is 14.9 Å². The van der Waals surface area contributed by atoms with E-state index in [-0.39, 0.29) is 6.03 Å². The second-order valence-electron chi connectivity index (χ2n) is 7.00. The van der Waals surface area contributed by atoms with Crippen LogP contribution in [0.25, 0.3) is 0 Å². The Morgan fingerprint density at radius 2 is 2.00 bits per heavy atom. The molecule has 20 heavy (non-hydrogen) atoms. The van der Waals surface area contributed by atoms with Crippen molar-refractivity contribution in [1.29, 1.82) is 0 Å². The quantitative estimate of drug-likeness (QED) is 0.858. The summed E-state index contributed by atoms with van der Waals surface area (Å²) in [6.07, 6.45) is 6.16. The first-order chi connectivity index (χ1) is 9.49. The molecule has 0 bridgehead atoms. The number of piperidine rings is 1. The number of carbonyl (C=O) groups excluding carboxylic acids is 1. The maximum absolute atomic E-state index is 12.7. The smallest absolute Gasteiger partial charge is 0.320 e. The van der Waals surface area contributed by atoms with Crippen molar-refractivity contribution in [1.82, 2.24) is 9.80 Å². The molecule has 3 aliphatic rings. The van der Waals surface area contributed by atoms with Crippen molar-refractivity contribution in [2.75, 3.05) is 19.6 Å². The van der Waals surface area contributed by atoms with Crippen LogP contribution < -0.4 is 0 Å². The van der Waals surface area contributed by atoms with Crippen molar-refractivity contribution in [2.45, 2.75) is 51.5 Å². The number of likely N-dealkylation sites (tertiary alicyclic amines) is 1. The molecule has 0 aromatic carbocycles. The third-order valence-electron chi connectivity index (χ3n) is 4.87. The SMILES string of the molecule is CC1(C(=O)O)CCCN(C(=O)N(CC2CC2)C2CC2)C1. The highest BCUT2D eigenvalue weighted by Crippen LogP contribution is 2.37. The van der Waals surface area contributed by atoms with Crippen LogP contribution in [0.3, 0.4) is 0 Å². The van der Waals surface area contributed by atoms with Gasteiger partial charge in [-0.05, 0) is 51.4 Å². The number of nitrogens with zero attached hydrogens (tertiary/aromatic N) is 2. The zero-order valence-electron chi connectivity index (χ0n) is 12.2. The van der Waals surface area contributed by atoms with Crippen molar-refractivity contribution in [2.24, 2.45) is 11.3 Å². The lowest BCUT2D eigenvalue weighted by atomic mass is 9.82. The van der Waals surface area contributed by atoms with Crippen molar-refractivity contribution in [3.63, 3.8) is 0 Å². The van der Waals surface area contributed by atoms with Crippen LogP contribution in [0.5, 0.6) is 0 Å². The molecule has 1 unspecified atom stereocenters. The highest BCUT2D eigenvalue weighted by molar-refractivity contribution is 5.79. The fourth-order valence-electron chi connectivity index (χ4n) is 3.11. The van der Waals surface area contributed by atoms with Gasteiger partial charge >= 0.3 is 12.0 Å². The Morgan fingerprint density at radius 3 is 2.55 bits per heavy atom. The molecule has 1 saturated heterocycles. The van der Waals surface area contributed by atoms with E-state index in [4.69, 9.17) is 0 Å². The van der Waals surface area contributed by atoms with Gasteiger partial charge in [-0.2, -0.15) is 0 Å². The highest BCUT2D eigenvalue weighted by atomic mass is 16.4. The summed E-state index contributed by atoms with van der Waals surface area (Å²) in [5.41, 5.74) is -0.775. The molecule has 5 nitrogen and oxygen atoms in total. The van der Waals surface area contributed by atoms with Crippen molar-refractivity contribution in [3.05, 3.63) is 0 Å². The molecule has 2 saturated carbocycles. The second kappa shape index (κ2) is 4.93. The summed E-state index contributed by atoms with van der Waals surface area (Å²) in [5, 5.41) is 9.36. The molecule has 3 fully saturated rings. The minimum Gasteiger partial charge on any atom is -0.481 e. The Kier molecular flexibility index (Phi) is 3.38. The number of aliphatic carboxylic acids is 1. The van der Waals surface area contributed by atoms with Crippen LogP contribution in [0.4, 0.5) is 4.79 Å². The lowest BCUT2D eigenvalue weighted by molar-refractivity contribution is -0.150. The monoisotopic (exact) mass is 280 g/mol. The van der Waals surface area contributed by atoms with Gasteiger partial charge in [-0.3, -0.25) is 4.79 Å². The van der Waals surface area contributed by atoms with Crippen LogP contribution >= 0.6 is 0 Å². The highest BCUT2D eigenvalue weighted by Gasteiger charge is 2.43. The van der Waals surface area contributed by atoms with Crippen molar-refractivity contribution < 1.29 is 14.7 Å². The molecule has 1 atom stereocenters. The van der Waals surface area contributed by atoms with Crippen LogP contribution in [-0.2, 0) is 4.79 Å². The summed E-state index contributed by atoms with van der Waals surface area (Å²) in [5.74, 6) is -0.0923. The third-order valence-corrected chi connectivity index (χ3v) is 4.87. The predicted octanol–water partition coefficient (Wildman–Crippen LogP) is 2.17. The fraction of sp³-hybridized carbons (Fsp3) is 0.867. The third kappa shape index (κ3) is 2.76. The van der Waals surface area contributed by atoms with Crippen molar-refractivity contribution >= 4 is 12.0 Å². The van der Waals surface area contributed by atoms with Gasteiger partial charge in [0.05, 0.1) is 5.41 Å². The summed E-state index contributed by atoms with van der Waals surface area (Å²) >= 11 is 0. The van der Waals surface area contributed by atoms with Crippen LogP contribution in [0, 0.1) is 11.3 Å². The molecule has 3 rings (SSSR count). The van der Waals surface area contributed by atoms with Gasteiger partial charge in [0.1, 0.15) is 0 Å². The maximum atomic E-state index is 12.7. The van der Waals surface area contributed by atoms with E-state index in [1.54, 1.807) is 11.8 Å². The molecule has 1 N–H and O–H groups in total. The Hall–Kier alpha value is -1.26. The molecule has 1 heterocycles. The Morgan fingerprint density at radius 1 is 1.30 bits per heavy atom. The zero-order chi connectivity index (χ0) is 14.3. The van der Waals surface area contributed by atoms with Gasteiger partial charge in [0.25, 0.3) is 0 Å². The number of hydrogen-bond donors (Lipinski definition) is 1. The van der Waals surface area contributed by atoms with Gasteiger partial charge in [0.2, 0.25) is 0 Å². The standard InChI is InChI=1S/C15H24N2O3/c1-15(13(18)19)7-2-8-16(10-15)14(20)17(12-5-6-12)9-11-3-4-11/h11-12H,2-10H2,1H3,(H,18,19). The van der Waals surface area contributed by atoms with Crippen molar-refractivity contribution in [3.8, 4) is 0 Å². The number of carboxylic acids is 1. The van der Waals surface area contributed by atoms with Gasteiger partial charge in [-0.15, -0.1) is 0 Å². The van der Waals surface area contributed by atoms with E-state index < -0.39 is 11.4 Å². The molecule has 112 valence electrons. The Labute approximate surface area is 119 Å². The van der Waals surface area contributed by atoms with E-state index in [1.165, 1.54) is 12.8 Å². The summed E-state index contributed by atoms with van der Waals surface area (Å²) in [7, 11) is 0. The summed E-state index contributed by atoms with van der Waals surface area (Å²) in [6, 6.07) is 0.493. The summed E-state index contributed by atoms with van der Waals surface area (Å²) in [4.78, 5) is 27.9. The number of carbonyl (C=O) groups is 2. The summed E-state index contributed by atoms with van der Waals surface area (Å²) in [6.45, 7) is 3.70. The van der Waals surface area contributed by atoms with E-state index in [0.29, 0.717) is 31.5 Å². The maximum Gasteiger partial charge on any atom is 0.320 e. The minimum atomic E-state index is -0.782. The second-order valence-corrected chi connectivity index (χ2v) is 7.00. The van der Waals surface area contributed by atoms with Gasteiger partial charge in [-0.1, -0.05) is 0 Å². The largest absolute Gasteiger partial charge is 0.481 e. The van der Waals surface area contributed by atoms with E-state index in [1.807, 2.05) is 4.90 Å². The number of urea groups is 1. The topological polar surface area (TPSA) is 60.9 Å².